The predicted octanol–water partition coefficient (Wildman–Crippen LogP) is 1.80. The SMILES string of the molecule is CCOCC(O)COc1ccc2c(c1)[C@@H](N)CCC2. The third-order valence-electron chi connectivity index (χ3n) is 3.43. The Balaban J connectivity index is 1.92. The van der Waals surface area contributed by atoms with Crippen LogP contribution in [0.25, 0.3) is 0 Å². The average Bonchev–Trinajstić information content (AvgIpc) is 2.43. The van der Waals surface area contributed by atoms with E-state index in [9.17, 15) is 5.11 Å². The Hall–Kier alpha value is -1.10. The Labute approximate surface area is 114 Å². The number of fused-ring (bicyclic) bond motifs is 1. The van der Waals surface area contributed by atoms with Crippen molar-refractivity contribution < 1.29 is 14.6 Å². The number of aliphatic hydroxyl groups is 1. The van der Waals surface area contributed by atoms with Gasteiger partial charge in [-0.25, -0.2) is 0 Å². The van der Waals surface area contributed by atoms with Crippen LogP contribution in [0, 0.1) is 0 Å². The van der Waals surface area contributed by atoms with Crippen molar-refractivity contribution in [3.63, 3.8) is 0 Å². The molecule has 2 atom stereocenters. The molecule has 1 aromatic rings. The van der Waals surface area contributed by atoms with Crippen LogP contribution in [0.1, 0.15) is 36.9 Å². The molecule has 0 saturated heterocycles. The minimum absolute atomic E-state index is 0.112. The normalized spacial score (nSPS) is 19.8. The van der Waals surface area contributed by atoms with E-state index in [1.54, 1.807) is 0 Å². The molecule has 4 heteroatoms. The number of aliphatic hydroxyl groups excluding tert-OH is 1. The van der Waals surface area contributed by atoms with Crippen LogP contribution in [-0.2, 0) is 11.2 Å². The van der Waals surface area contributed by atoms with Gasteiger partial charge in [0.05, 0.1) is 6.61 Å². The monoisotopic (exact) mass is 265 g/mol. The summed E-state index contributed by atoms with van der Waals surface area (Å²) in [4.78, 5) is 0. The molecule has 0 radical (unpaired) electrons. The topological polar surface area (TPSA) is 64.7 Å². The summed E-state index contributed by atoms with van der Waals surface area (Å²) in [7, 11) is 0. The summed E-state index contributed by atoms with van der Waals surface area (Å²) in [6.45, 7) is 3.05. The number of nitrogens with two attached hydrogens (primary N) is 1. The van der Waals surface area contributed by atoms with Crippen molar-refractivity contribution in [2.45, 2.75) is 38.3 Å². The van der Waals surface area contributed by atoms with Crippen molar-refractivity contribution in [2.75, 3.05) is 19.8 Å². The van der Waals surface area contributed by atoms with Gasteiger partial charge in [0.15, 0.2) is 0 Å². The predicted molar refractivity (Wildman–Crippen MR) is 74.3 cm³/mol. The molecule has 0 saturated carbocycles. The molecule has 1 unspecified atom stereocenters. The first kappa shape index (κ1) is 14.3. The molecule has 0 bridgehead atoms. The van der Waals surface area contributed by atoms with E-state index in [2.05, 4.69) is 6.07 Å². The average molecular weight is 265 g/mol. The molecule has 1 aromatic carbocycles. The molecule has 3 N–H and O–H groups in total. The van der Waals surface area contributed by atoms with Crippen molar-refractivity contribution in [1.29, 1.82) is 0 Å². The lowest BCUT2D eigenvalue weighted by molar-refractivity contribution is 0.0164. The quantitative estimate of drug-likeness (QED) is 0.823. The number of aryl methyl sites for hydroxylation is 1. The standard InChI is InChI=1S/C15H23NO3/c1-2-18-9-12(17)10-19-13-7-6-11-4-3-5-15(16)14(11)8-13/h6-8,12,15,17H,2-5,9-10,16H2,1H3/t12?,15-/m0/s1. The zero-order valence-corrected chi connectivity index (χ0v) is 11.5. The van der Waals surface area contributed by atoms with E-state index >= 15 is 0 Å². The first-order chi connectivity index (χ1) is 9.20. The molecule has 0 fully saturated rings. The van der Waals surface area contributed by atoms with E-state index in [1.165, 1.54) is 11.1 Å². The van der Waals surface area contributed by atoms with Gasteiger partial charge in [0, 0.05) is 12.6 Å². The van der Waals surface area contributed by atoms with E-state index in [1.807, 2.05) is 19.1 Å². The molecule has 4 nitrogen and oxygen atoms in total. The third-order valence-corrected chi connectivity index (χ3v) is 3.43. The lowest BCUT2D eigenvalue weighted by Crippen LogP contribution is -2.23. The Morgan fingerprint density at radius 2 is 2.26 bits per heavy atom. The maximum atomic E-state index is 9.66. The fraction of sp³-hybridized carbons (Fsp3) is 0.600. The van der Waals surface area contributed by atoms with Gasteiger partial charge in [-0.2, -0.15) is 0 Å². The molecule has 106 valence electrons. The zero-order valence-electron chi connectivity index (χ0n) is 11.5. The Morgan fingerprint density at radius 1 is 1.42 bits per heavy atom. The van der Waals surface area contributed by atoms with Crippen molar-refractivity contribution in [3.8, 4) is 5.75 Å². The van der Waals surface area contributed by atoms with Gasteiger partial charge in [-0.05, 0) is 49.4 Å². The summed E-state index contributed by atoms with van der Waals surface area (Å²) < 4.78 is 10.7. The second kappa shape index (κ2) is 6.89. The summed E-state index contributed by atoms with van der Waals surface area (Å²) in [5.74, 6) is 0.770. The Kier molecular flexibility index (Phi) is 5.19. The van der Waals surface area contributed by atoms with Crippen LogP contribution in [0.5, 0.6) is 5.75 Å². The van der Waals surface area contributed by atoms with Crippen molar-refractivity contribution in [1.82, 2.24) is 0 Å². The highest BCUT2D eigenvalue weighted by molar-refractivity contribution is 5.39. The number of ether oxygens (including phenoxy) is 2. The van der Waals surface area contributed by atoms with Gasteiger partial charge in [0.2, 0.25) is 0 Å². The smallest absolute Gasteiger partial charge is 0.119 e. The van der Waals surface area contributed by atoms with Crippen LogP contribution in [0.2, 0.25) is 0 Å². The van der Waals surface area contributed by atoms with Crippen LogP contribution in [0.15, 0.2) is 18.2 Å². The van der Waals surface area contributed by atoms with Crippen LogP contribution in [0.4, 0.5) is 0 Å². The maximum Gasteiger partial charge on any atom is 0.119 e. The molecule has 0 aromatic heterocycles. The lowest BCUT2D eigenvalue weighted by atomic mass is 9.88. The van der Waals surface area contributed by atoms with E-state index in [-0.39, 0.29) is 12.6 Å². The van der Waals surface area contributed by atoms with Crippen molar-refractivity contribution in [2.24, 2.45) is 5.73 Å². The highest BCUT2D eigenvalue weighted by atomic mass is 16.5. The minimum atomic E-state index is -0.593. The minimum Gasteiger partial charge on any atom is -0.491 e. The van der Waals surface area contributed by atoms with Gasteiger partial charge in [0.25, 0.3) is 0 Å². The van der Waals surface area contributed by atoms with E-state index in [0.717, 1.165) is 25.0 Å². The highest BCUT2D eigenvalue weighted by Gasteiger charge is 2.17. The molecule has 2 rings (SSSR count). The van der Waals surface area contributed by atoms with Gasteiger partial charge >= 0.3 is 0 Å². The van der Waals surface area contributed by atoms with Crippen LogP contribution >= 0.6 is 0 Å². The molecule has 0 spiro atoms. The fourth-order valence-electron chi connectivity index (χ4n) is 2.40. The van der Waals surface area contributed by atoms with Crippen molar-refractivity contribution in [3.05, 3.63) is 29.3 Å². The number of rotatable bonds is 6. The maximum absolute atomic E-state index is 9.66. The number of hydrogen-bond donors (Lipinski definition) is 2. The second-order valence-electron chi connectivity index (χ2n) is 4.98. The van der Waals surface area contributed by atoms with E-state index < -0.39 is 6.10 Å². The number of hydrogen-bond acceptors (Lipinski definition) is 4. The summed E-state index contributed by atoms with van der Waals surface area (Å²) >= 11 is 0. The molecular weight excluding hydrogens is 242 g/mol. The lowest BCUT2D eigenvalue weighted by Gasteiger charge is -2.23. The summed E-state index contributed by atoms with van der Waals surface area (Å²) in [5.41, 5.74) is 8.62. The number of benzene rings is 1. The van der Waals surface area contributed by atoms with Crippen molar-refractivity contribution >= 4 is 0 Å². The fourth-order valence-corrected chi connectivity index (χ4v) is 2.40. The van der Waals surface area contributed by atoms with Crippen LogP contribution < -0.4 is 10.5 Å². The third kappa shape index (κ3) is 3.93. The largest absolute Gasteiger partial charge is 0.491 e. The molecule has 1 aliphatic rings. The summed E-state index contributed by atoms with van der Waals surface area (Å²) in [6.07, 6.45) is 2.69. The Morgan fingerprint density at radius 3 is 3.05 bits per heavy atom. The van der Waals surface area contributed by atoms with Gasteiger partial charge in [0.1, 0.15) is 18.5 Å². The summed E-state index contributed by atoms with van der Waals surface area (Å²) in [5, 5.41) is 9.66. The van der Waals surface area contributed by atoms with E-state index in [0.29, 0.717) is 13.2 Å². The van der Waals surface area contributed by atoms with Crippen LogP contribution in [-0.4, -0.2) is 31.0 Å². The first-order valence-corrected chi connectivity index (χ1v) is 6.97. The molecular formula is C15H23NO3. The van der Waals surface area contributed by atoms with Gasteiger partial charge in [-0.15, -0.1) is 0 Å². The molecule has 1 aliphatic carbocycles. The zero-order chi connectivity index (χ0) is 13.7. The van der Waals surface area contributed by atoms with Gasteiger partial charge < -0.3 is 20.3 Å². The first-order valence-electron chi connectivity index (χ1n) is 6.97. The summed E-state index contributed by atoms with van der Waals surface area (Å²) in [6, 6.07) is 6.15. The van der Waals surface area contributed by atoms with Gasteiger partial charge in [-0.1, -0.05) is 6.07 Å². The Bertz CT molecular complexity index is 408. The second-order valence-corrected chi connectivity index (χ2v) is 4.98. The van der Waals surface area contributed by atoms with Gasteiger partial charge in [-0.3, -0.25) is 0 Å². The highest BCUT2D eigenvalue weighted by Crippen LogP contribution is 2.30. The molecule has 0 heterocycles. The molecule has 19 heavy (non-hydrogen) atoms. The molecule has 0 amide bonds. The molecule has 0 aliphatic heterocycles. The van der Waals surface area contributed by atoms with E-state index in [4.69, 9.17) is 15.2 Å². The van der Waals surface area contributed by atoms with Crippen LogP contribution in [0.3, 0.4) is 0 Å².